The summed E-state index contributed by atoms with van der Waals surface area (Å²) < 4.78 is 4.94. The summed E-state index contributed by atoms with van der Waals surface area (Å²) >= 11 is 6.07. The molecule has 7 heteroatoms. The Kier molecular flexibility index (Phi) is 5.38. The number of amides is 2. The van der Waals surface area contributed by atoms with Gasteiger partial charge in [0, 0.05) is 17.9 Å². The number of rotatable bonds is 4. The van der Waals surface area contributed by atoms with Crippen molar-refractivity contribution < 1.29 is 14.1 Å². The highest BCUT2D eigenvalue weighted by atomic mass is 35.5. The van der Waals surface area contributed by atoms with Crippen LogP contribution in [-0.2, 0) is 9.59 Å². The molecule has 0 saturated heterocycles. The number of benzene rings is 1. The second-order valence-corrected chi connectivity index (χ2v) is 6.74. The number of aryl methyl sites for hydroxylation is 1. The van der Waals surface area contributed by atoms with Gasteiger partial charge in [-0.1, -0.05) is 28.9 Å². The Labute approximate surface area is 150 Å². The molecule has 2 aromatic rings. The first-order chi connectivity index (χ1) is 12.0. The Hall–Kier alpha value is -2.34. The predicted octanol–water partition coefficient (Wildman–Crippen LogP) is 4.02. The standard InChI is InChI=1S/C18H20ClN3O3/c1-11-10-16(22-25-11)21-18(24)13-8-6-12(7-9-13)17(23)20-15-5-3-2-4-14(15)19/h2-5,10,12-13H,6-9H2,1H3,(H,20,23)(H,21,22,24). The van der Waals surface area contributed by atoms with E-state index in [9.17, 15) is 9.59 Å². The van der Waals surface area contributed by atoms with Gasteiger partial charge in [-0.2, -0.15) is 0 Å². The van der Waals surface area contributed by atoms with Crippen LogP contribution in [0.4, 0.5) is 11.5 Å². The summed E-state index contributed by atoms with van der Waals surface area (Å²) in [7, 11) is 0. The molecule has 25 heavy (non-hydrogen) atoms. The van der Waals surface area contributed by atoms with Gasteiger partial charge in [0.25, 0.3) is 0 Å². The summed E-state index contributed by atoms with van der Waals surface area (Å²) in [6.45, 7) is 1.77. The summed E-state index contributed by atoms with van der Waals surface area (Å²) in [6.07, 6.45) is 2.69. The van der Waals surface area contributed by atoms with Gasteiger partial charge in [0.2, 0.25) is 11.8 Å². The van der Waals surface area contributed by atoms with Crippen LogP contribution >= 0.6 is 11.6 Å². The van der Waals surface area contributed by atoms with Gasteiger partial charge in [-0.15, -0.1) is 0 Å². The molecule has 0 radical (unpaired) electrons. The molecule has 0 spiro atoms. The molecule has 0 bridgehead atoms. The van der Waals surface area contributed by atoms with Crippen LogP contribution in [0.15, 0.2) is 34.9 Å². The van der Waals surface area contributed by atoms with Crippen molar-refractivity contribution in [1.82, 2.24) is 5.16 Å². The number of hydrogen-bond acceptors (Lipinski definition) is 4. The van der Waals surface area contributed by atoms with Crippen LogP contribution in [0.25, 0.3) is 0 Å². The molecule has 6 nitrogen and oxygen atoms in total. The minimum Gasteiger partial charge on any atom is -0.360 e. The molecule has 132 valence electrons. The number of aromatic nitrogens is 1. The number of para-hydroxylation sites is 1. The fourth-order valence-corrected chi connectivity index (χ4v) is 3.25. The molecule has 1 aromatic heterocycles. The van der Waals surface area contributed by atoms with E-state index < -0.39 is 0 Å². The lowest BCUT2D eigenvalue weighted by Gasteiger charge is -2.26. The number of halogens is 1. The maximum absolute atomic E-state index is 12.4. The van der Waals surface area contributed by atoms with Crippen LogP contribution in [0.3, 0.4) is 0 Å². The number of carbonyl (C=O) groups excluding carboxylic acids is 2. The Bertz CT molecular complexity index is 766. The van der Waals surface area contributed by atoms with E-state index >= 15 is 0 Å². The SMILES string of the molecule is Cc1cc(NC(=O)C2CCC(C(=O)Nc3ccccc3Cl)CC2)no1. The Morgan fingerprint density at radius 1 is 1.08 bits per heavy atom. The van der Waals surface area contributed by atoms with E-state index in [1.54, 1.807) is 25.1 Å². The van der Waals surface area contributed by atoms with Gasteiger partial charge >= 0.3 is 0 Å². The zero-order valence-corrected chi connectivity index (χ0v) is 14.7. The minimum absolute atomic E-state index is 0.0425. The average molecular weight is 362 g/mol. The molecule has 0 atom stereocenters. The molecule has 1 fully saturated rings. The lowest BCUT2D eigenvalue weighted by Crippen LogP contribution is -2.32. The molecular formula is C18H20ClN3O3. The summed E-state index contributed by atoms with van der Waals surface area (Å²) in [5.74, 6) is 0.754. The van der Waals surface area contributed by atoms with Gasteiger partial charge < -0.3 is 15.2 Å². The summed E-state index contributed by atoms with van der Waals surface area (Å²) in [6, 6.07) is 8.84. The minimum atomic E-state index is -0.110. The number of carbonyl (C=O) groups is 2. The molecule has 1 heterocycles. The van der Waals surface area contributed by atoms with Crippen LogP contribution in [0.5, 0.6) is 0 Å². The molecule has 2 N–H and O–H groups in total. The number of nitrogens with one attached hydrogen (secondary N) is 2. The van der Waals surface area contributed by atoms with E-state index in [0.717, 1.165) is 0 Å². The predicted molar refractivity (Wildman–Crippen MR) is 95.4 cm³/mol. The summed E-state index contributed by atoms with van der Waals surface area (Å²) in [5.41, 5.74) is 0.621. The zero-order valence-electron chi connectivity index (χ0n) is 13.9. The molecule has 1 aliphatic rings. The Morgan fingerprint density at radius 2 is 1.68 bits per heavy atom. The molecule has 1 aliphatic carbocycles. The fraction of sp³-hybridized carbons (Fsp3) is 0.389. The van der Waals surface area contributed by atoms with Crippen molar-refractivity contribution in [3.63, 3.8) is 0 Å². The normalized spacial score (nSPS) is 20.1. The third-order valence-corrected chi connectivity index (χ3v) is 4.81. The number of anilines is 2. The van der Waals surface area contributed by atoms with Gasteiger partial charge in [-0.3, -0.25) is 9.59 Å². The van der Waals surface area contributed by atoms with Crippen LogP contribution in [0.1, 0.15) is 31.4 Å². The highest BCUT2D eigenvalue weighted by Crippen LogP contribution is 2.31. The molecule has 3 rings (SSSR count). The van der Waals surface area contributed by atoms with E-state index in [4.69, 9.17) is 16.1 Å². The molecule has 1 saturated carbocycles. The second-order valence-electron chi connectivity index (χ2n) is 6.33. The zero-order chi connectivity index (χ0) is 17.8. The third kappa shape index (κ3) is 4.39. The monoisotopic (exact) mass is 361 g/mol. The van der Waals surface area contributed by atoms with Crippen molar-refractivity contribution in [2.75, 3.05) is 10.6 Å². The molecular weight excluding hydrogens is 342 g/mol. The van der Waals surface area contributed by atoms with Crippen LogP contribution in [-0.4, -0.2) is 17.0 Å². The van der Waals surface area contributed by atoms with Gasteiger partial charge in [0.1, 0.15) is 5.76 Å². The lowest BCUT2D eigenvalue weighted by atomic mass is 9.81. The van der Waals surface area contributed by atoms with Crippen molar-refractivity contribution in [2.24, 2.45) is 11.8 Å². The van der Waals surface area contributed by atoms with Gasteiger partial charge in [0.15, 0.2) is 5.82 Å². The topological polar surface area (TPSA) is 84.2 Å². The maximum Gasteiger partial charge on any atom is 0.228 e. The highest BCUT2D eigenvalue weighted by Gasteiger charge is 2.30. The molecule has 0 unspecified atom stereocenters. The average Bonchev–Trinajstić information content (AvgIpc) is 3.02. The van der Waals surface area contributed by atoms with E-state index in [-0.39, 0.29) is 23.7 Å². The third-order valence-electron chi connectivity index (χ3n) is 4.48. The van der Waals surface area contributed by atoms with Gasteiger partial charge in [-0.05, 0) is 44.7 Å². The van der Waals surface area contributed by atoms with Crippen molar-refractivity contribution in [3.05, 3.63) is 41.1 Å². The van der Waals surface area contributed by atoms with Crippen molar-refractivity contribution in [2.45, 2.75) is 32.6 Å². The first-order valence-electron chi connectivity index (χ1n) is 8.32. The molecule has 2 amide bonds. The van der Waals surface area contributed by atoms with Crippen LogP contribution in [0.2, 0.25) is 5.02 Å². The first-order valence-corrected chi connectivity index (χ1v) is 8.70. The first kappa shape index (κ1) is 17.5. The highest BCUT2D eigenvalue weighted by molar-refractivity contribution is 6.33. The summed E-state index contributed by atoms with van der Waals surface area (Å²) in [4.78, 5) is 24.7. The fourth-order valence-electron chi connectivity index (χ4n) is 3.07. The molecule has 1 aromatic carbocycles. The summed E-state index contributed by atoms with van der Waals surface area (Å²) in [5, 5.41) is 9.92. The van der Waals surface area contributed by atoms with Crippen molar-refractivity contribution in [1.29, 1.82) is 0 Å². The second kappa shape index (κ2) is 7.70. The van der Waals surface area contributed by atoms with Crippen LogP contribution < -0.4 is 10.6 Å². The van der Waals surface area contributed by atoms with E-state index in [1.165, 1.54) is 0 Å². The van der Waals surface area contributed by atoms with Gasteiger partial charge in [-0.25, -0.2) is 0 Å². The van der Waals surface area contributed by atoms with Crippen molar-refractivity contribution in [3.8, 4) is 0 Å². The largest absolute Gasteiger partial charge is 0.360 e. The van der Waals surface area contributed by atoms with E-state index in [2.05, 4.69) is 15.8 Å². The van der Waals surface area contributed by atoms with Crippen molar-refractivity contribution >= 4 is 34.9 Å². The van der Waals surface area contributed by atoms with E-state index in [0.29, 0.717) is 48.0 Å². The number of nitrogens with zero attached hydrogens (tertiary/aromatic N) is 1. The Morgan fingerprint density at radius 3 is 2.24 bits per heavy atom. The van der Waals surface area contributed by atoms with Gasteiger partial charge in [0.05, 0.1) is 10.7 Å². The number of hydrogen-bond donors (Lipinski definition) is 2. The smallest absolute Gasteiger partial charge is 0.228 e. The molecule has 0 aliphatic heterocycles. The maximum atomic E-state index is 12.4. The van der Waals surface area contributed by atoms with E-state index in [1.807, 2.05) is 12.1 Å². The van der Waals surface area contributed by atoms with Crippen LogP contribution in [0, 0.1) is 18.8 Å². The quantitative estimate of drug-likeness (QED) is 0.861. The lowest BCUT2D eigenvalue weighted by molar-refractivity contribution is -0.125. The Balaban J connectivity index is 1.50.